The molecule has 4 fully saturated rings. The molecule has 0 spiro atoms. The van der Waals surface area contributed by atoms with E-state index in [2.05, 4.69) is 12.2 Å². The van der Waals surface area contributed by atoms with Crippen LogP contribution < -0.4 is 11.1 Å². The molecule has 4 aliphatic rings. The highest BCUT2D eigenvalue weighted by atomic mass is 15.0. The molecule has 4 aliphatic carbocycles. The molecular weight excluding hydrogens is 208 g/mol. The first-order chi connectivity index (χ1) is 8.19. The van der Waals surface area contributed by atoms with Gasteiger partial charge in [-0.1, -0.05) is 13.3 Å². The summed E-state index contributed by atoms with van der Waals surface area (Å²) in [4.78, 5) is 0. The second-order valence-electron chi connectivity index (χ2n) is 7.55. The summed E-state index contributed by atoms with van der Waals surface area (Å²) < 4.78 is 0. The Labute approximate surface area is 105 Å². The van der Waals surface area contributed by atoms with Crippen LogP contribution in [-0.4, -0.2) is 18.6 Å². The van der Waals surface area contributed by atoms with Crippen molar-refractivity contribution < 1.29 is 0 Å². The highest BCUT2D eigenvalue weighted by Crippen LogP contribution is 2.65. The lowest BCUT2D eigenvalue weighted by Gasteiger charge is -2.30. The van der Waals surface area contributed by atoms with Gasteiger partial charge >= 0.3 is 0 Å². The molecule has 2 bridgehead atoms. The van der Waals surface area contributed by atoms with Gasteiger partial charge in [-0.25, -0.2) is 0 Å². The van der Waals surface area contributed by atoms with Crippen LogP contribution in [0.5, 0.6) is 0 Å². The van der Waals surface area contributed by atoms with Crippen LogP contribution in [0.15, 0.2) is 0 Å². The normalized spacial score (nSPS) is 59.6. The minimum Gasteiger partial charge on any atom is -0.327 e. The molecule has 6 unspecified atom stereocenters. The third-order valence-electron chi connectivity index (χ3n) is 6.64. The lowest BCUT2D eigenvalue weighted by molar-refractivity contribution is 0.268. The average Bonchev–Trinajstić information content (AvgIpc) is 2.65. The van der Waals surface area contributed by atoms with Crippen LogP contribution in [0.2, 0.25) is 0 Å². The summed E-state index contributed by atoms with van der Waals surface area (Å²) >= 11 is 0. The molecule has 0 aromatic rings. The Balaban J connectivity index is 1.35. The first kappa shape index (κ1) is 10.8. The van der Waals surface area contributed by atoms with Gasteiger partial charge in [0.25, 0.3) is 0 Å². The minimum absolute atomic E-state index is 0.385. The summed E-state index contributed by atoms with van der Waals surface area (Å²) in [5, 5.41) is 3.89. The maximum absolute atomic E-state index is 6.26. The standard InChI is InChI=1S/C15H26N2/c1-15(6-2-3-11(15)16)8-17-14-12-9-4-5-10(7-9)13(12)14/h9-14,17H,2-8,16H2,1H3. The van der Waals surface area contributed by atoms with Crippen molar-refractivity contribution in [2.24, 2.45) is 34.8 Å². The summed E-state index contributed by atoms with van der Waals surface area (Å²) in [6, 6.07) is 1.32. The molecule has 2 nitrogen and oxygen atoms in total. The molecule has 4 saturated carbocycles. The fourth-order valence-electron chi connectivity index (χ4n) is 5.43. The minimum atomic E-state index is 0.385. The topological polar surface area (TPSA) is 38.0 Å². The van der Waals surface area contributed by atoms with Crippen molar-refractivity contribution >= 4 is 0 Å². The number of nitrogens with one attached hydrogen (secondary N) is 1. The Hall–Kier alpha value is -0.0800. The van der Waals surface area contributed by atoms with Crippen molar-refractivity contribution in [2.45, 2.75) is 57.5 Å². The van der Waals surface area contributed by atoms with Gasteiger partial charge in [0, 0.05) is 18.6 Å². The summed E-state index contributed by atoms with van der Waals surface area (Å²) in [6.45, 7) is 3.57. The van der Waals surface area contributed by atoms with Gasteiger partial charge in [0.1, 0.15) is 0 Å². The van der Waals surface area contributed by atoms with Crippen molar-refractivity contribution in [3.8, 4) is 0 Å². The highest BCUT2D eigenvalue weighted by Gasteiger charge is 2.64. The molecule has 6 atom stereocenters. The first-order valence-electron chi connectivity index (χ1n) is 7.68. The molecule has 0 heterocycles. The maximum atomic E-state index is 6.26. The van der Waals surface area contributed by atoms with E-state index in [0.29, 0.717) is 11.5 Å². The molecule has 0 aliphatic heterocycles. The first-order valence-corrected chi connectivity index (χ1v) is 7.68. The van der Waals surface area contributed by atoms with Gasteiger partial charge < -0.3 is 11.1 Å². The number of fused-ring (bicyclic) bond motifs is 5. The summed E-state index contributed by atoms with van der Waals surface area (Å²) in [5.41, 5.74) is 6.65. The number of nitrogens with two attached hydrogens (primary N) is 1. The van der Waals surface area contributed by atoms with Crippen molar-refractivity contribution in [1.82, 2.24) is 5.32 Å². The zero-order chi connectivity index (χ0) is 11.6. The highest BCUT2D eigenvalue weighted by molar-refractivity contribution is 5.17. The summed E-state index contributed by atoms with van der Waals surface area (Å²) in [5.74, 6) is 4.31. The molecule has 0 aromatic heterocycles. The van der Waals surface area contributed by atoms with Crippen LogP contribution in [0.1, 0.15) is 45.4 Å². The number of hydrogen-bond donors (Lipinski definition) is 2. The van der Waals surface area contributed by atoms with Crippen LogP contribution in [-0.2, 0) is 0 Å². The van der Waals surface area contributed by atoms with Crippen LogP contribution in [0.25, 0.3) is 0 Å². The van der Waals surface area contributed by atoms with E-state index >= 15 is 0 Å². The Morgan fingerprint density at radius 1 is 1.18 bits per heavy atom. The zero-order valence-corrected chi connectivity index (χ0v) is 11.0. The van der Waals surface area contributed by atoms with Crippen molar-refractivity contribution in [2.75, 3.05) is 6.54 Å². The van der Waals surface area contributed by atoms with E-state index in [1.165, 1.54) is 38.6 Å². The molecule has 0 radical (unpaired) electrons. The van der Waals surface area contributed by atoms with Crippen LogP contribution in [0, 0.1) is 29.1 Å². The van der Waals surface area contributed by atoms with Gasteiger partial charge in [-0.3, -0.25) is 0 Å². The summed E-state index contributed by atoms with van der Waals surface area (Å²) in [6.07, 6.45) is 8.52. The van der Waals surface area contributed by atoms with E-state index in [-0.39, 0.29) is 0 Å². The monoisotopic (exact) mass is 234 g/mol. The maximum Gasteiger partial charge on any atom is 0.0136 e. The van der Waals surface area contributed by atoms with E-state index < -0.39 is 0 Å². The second-order valence-corrected chi connectivity index (χ2v) is 7.55. The van der Waals surface area contributed by atoms with Crippen LogP contribution >= 0.6 is 0 Å². The molecule has 3 N–H and O–H groups in total. The van der Waals surface area contributed by atoms with E-state index in [4.69, 9.17) is 5.73 Å². The summed E-state index contributed by atoms with van der Waals surface area (Å²) in [7, 11) is 0. The third-order valence-corrected chi connectivity index (χ3v) is 6.64. The van der Waals surface area contributed by atoms with Crippen molar-refractivity contribution in [3.05, 3.63) is 0 Å². The Morgan fingerprint density at radius 3 is 2.47 bits per heavy atom. The predicted molar refractivity (Wildman–Crippen MR) is 69.5 cm³/mol. The van der Waals surface area contributed by atoms with E-state index in [0.717, 1.165) is 29.7 Å². The molecule has 0 saturated heterocycles. The lowest BCUT2D eigenvalue weighted by Crippen LogP contribution is -2.43. The van der Waals surface area contributed by atoms with Crippen LogP contribution in [0.4, 0.5) is 0 Å². The molecule has 4 rings (SSSR count). The fraction of sp³-hybridized carbons (Fsp3) is 1.00. The molecule has 2 heteroatoms. The zero-order valence-electron chi connectivity index (χ0n) is 11.0. The SMILES string of the molecule is CC1(CNC2C3C4CCC(C4)C23)CCCC1N. The van der Waals surface area contributed by atoms with E-state index in [9.17, 15) is 0 Å². The predicted octanol–water partition coefficient (Wildman–Crippen LogP) is 2.14. The van der Waals surface area contributed by atoms with E-state index in [1.54, 1.807) is 6.42 Å². The number of hydrogen-bond acceptors (Lipinski definition) is 2. The molecule has 0 amide bonds. The average molecular weight is 234 g/mol. The van der Waals surface area contributed by atoms with Gasteiger partial charge in [0.15, 0.2) is 0 Å². The molecular formula is C15H26N2. The van der Waals surface area contributed by atoms with Gasteiger partial charge in [0.2, 0.25) is 0 Å². The second kappa shape index (κ2) is 3.48. The molecule has 96 valence electrons. The molecule has 0 aromatic carbocycles. The van der Waals surface area contributed by atoms with Crippen molar-refractivity contribution in [3.63, 3.8) is 0 Å². The number of rotatable bonds is 3. The fourth-order valence-corrected chi connectivity index (χ4v) is 5.43. The smallest absolute Gasteiger partial charge is 0.0136 e. The third kappa shape index (κ3) is 1.46. The van der Waals surface area contributed by atoms with Gasteiger partial charge in [-0.05, 0) is 61.2 Å². The Morgan fingerprint density at radius 2 is 1.88 bits per heavy atom. The Kier molecular flexibility index (Phi) is 2.21. The van der Waals surface area contributed by atoms with Crippen molar-refractivity contribution in [1.29, 1.82) is 0 Å². The molecule has 17 heavy (non-hydrogen) atoms. The largest absolute Gasteiger partial charge is 0.327 e. The Bertz CT molecular complexity index is 313. The van der Waals surface area contributed by atoms with E-state index in [1.807, 2.05) is 0 Å². The van der Waals surface area contributed by atoms with Gasteiger partial charge in [-0.15, -0.1) is 0 Å². The van der Waals surface area contributed by atoms with Gasteiger partial charge in [-0.2, -0.15) is 0 Å². The quantitative estimate of drug-likeness (QED) is 0.785. The van der Waals surface area contributed by atoms with Crippen LogP contribution in [0.3, 0.4) is 0 Å². The lowest BCUT2D eigenvalue weighted by atomic mass is 9.85. The van der Waals surface area contributed by atoms with Gasteiger partial charge in [0.05, 0.1) is 0 Å².